The molecule has 0 amide bonds. The van der Waals surface area contributed by atoms with Crippen LogP contribution in [-0.2, 0) is 13.1 Å². The molecule has 20 heavy (non-hydrogen) atoms. The smallest absolute Gasteiger partial charge is 0.0958 e. The molecule has 0 saturated heterocycles. The molecule has 5 nitrogen and oxygen atoms in total. The van der Waals surface area contributed by atoms with E-state index in [9.17, 15) is 0 Å². The van der Waals surface area contributed by atoms with Gasteiger partial charge in [0.15, 0.2) is 0 Å². The van der Waals surface area contributed by atoms with E-state index >= 15 is 0 Å². The topological polar surface area (TPSA) is 61.7 Å². The van der Waals surface area contributed by atoms with Crippen molar-refractivity contribution in [2.24, 2.45) is 5.73 Å². The number of fused-ring (bicyclic) bond motifs is 1. The highest BCUT2D eigenvalue weighted by Gasteiger charge is 2.17. The average molecular weight is 334 g/mol. The van der Waals surface area contributed by atoms with Crippen molar-refractivity contribution >= 4 is 27.0 Å². The van der Waals surface area contributed by atoms with Crippen LogP contribution >= 0.6 is 15.9 Å². The second-order valence-corrected chi connectivity index (χ2v) is 5.54. The standard InChI is InChI=1S/C14H16BrN5/c1-2-20-14(10(15)7-18-20)11(16)8-19-9-17-12-5-3-4-6-13(12)19/h3-7,9,11H,2,8,16H2,1H3. The van der Waals surface area contributed by atoms with Crippen LogP contribution in [0.15, 0.2) is 41.3 Å². The molecule has 3 rings (SSSR count). The van der Waals surface area contributed by atoms with Gasteiger partial charge >= 0.3 is 0 Å². The Labute approximate surface area is 125 Å². The van der Waals surface area contributed by atoms with Crippen molar-refractivity contribution in [3.05, 3.63) is 47.0 Å². The zero-order valence-corrected chi connectivity index (χ0v) is 12.8. The van der Waals surface area contributed by atoms with Crippen LogP contribution in [0.5, 0.6) is 0 Å². The van der Waals surface area contributed by atoms with Gasteiger partial charge in [0, 0.05) is 13.1 Å². The van der Waals surface area contributed by atoms with Crippen molar-refractivity contribution in [3.63, 3.8) is 0 Å². The van der Waals surface area contributed by atoms with E-state index in [0.717, 1.165) is 27.7 Å². The summed E-state index contributed by atoms with van der Waals surface area (Å²) in [6.45, 7) is 3.53. The lowest BCUT2D eigenvalue weighted by atomic mass is 10.2. The Bertz CT molecular complexity index is 730. The molecule has 1 unspecified atom stereocenters. The van der Waals surface area contributed by atoms with Crippen molar-refractivity contribution in [2.75, 3.05) is 0 Å². The summed E-state index contributed by atoms with van der Waals surface area (Å²) in [6, 6.07) is 7.93. The molecule has 6 heteroatoms. The van der Waals surface area contributed by atoms with Crippen LogP contribution < -0.4 is 5.73 Å². The van der Waals surface area contributed by atoms with Crippen molar-refractivity contribution in [2.45, 2.75) is 26.1 Å². The number of rotatable bonds is 4. The first-order valence-corrected chi connectivity index (χ1v) is 7.36. The monoisotopic (exact) mass is 333 g/mol. The lowest BCUT2D eigenvalue weighted by Gasteiger charge is -2.15. The van der Waals surface area contributed by atoms with Crippen molar-refractivity contribution in [1.82, 2.24) is 19.3 Å². The summed E-state index contributed by atoms with van der Waals surface area (Å²) < 4.78 is 4.96. The third-order valence-corrected chi connectivity index (χ3v) is 4.02. The first-order chi connectivity index (χ1) is 9.70. The van der Waals surface area contributed by atoms with Gasteiger partial charge in [0.25, 0.3) is 0 Å². The maximum absolute atomic E-state index is 6.36. The zero-order valence-electron chi connectivity index (χ0n) is 11.2. The fraction of sp³-hybridized carbons (Fsp3) is 0.286. The summed E-state index contributed by atoms with van der Waals surface area (Å²) in [5.41, 5.74) is 9.47. The van der Waals surface area contributed by atoms with Gasteiger partial charge in [-0.2, -0.15) is 5.10 Å². The molecule has 2 N–H and O–H groups in total. The molecule has 0 fully saturated rings. The van der Waals surface area contributed by atoms with E-state index in [4.69, 9.17) is 5.73 Å². The Balaban J connectivity index is 1.92. The summed E-state index contributed by atoms with van der Waals surface area (Å²) in [7, 11) is 0. The minimum Gasteiger partial charge on any atom is -0.329 e. The van der Waals surface area contributed by atoms with Crippen molar-refractivity contribution in [1.29, 1.82) is 0 Å². The minimum absolute atomic E-state index is 0.135. The van der Waals surface area contributed by atoms with E-state index in [1.165, 1.54) is 0 Å². The highest BCUT2D eigenvalue weighted by molar-refractivity contribution is 9.10. The zero-order chi connectivity index (χ0) is 14.1. The number of nitrogens with two attached hydrogens (primary N) is 1. The molecule has 0 aliphatic heterocycles. The molecule has 2 heterocycles. The van der Waals surface area contributed by atoms with Gasteiger partial charge in [0.1, 0.15) is 0 Å². The second kappa shape index (κ2) is 5.38. The average Bonchev–Trinajstić information content (AvgIpc) is 3.03. The van der Waals surface area contributed by atoms with E-state index in [1.807, 2.05) is 29.2 Å². The number of halogens is 1. The fourth-order valence-electron chi connectivity index (χ4n) is 2.45. The van der Waals surface area contributed by atoms with Crippen LogP contribution in [0, 0.1) is 0 Å². The number of nitrogens with zero attached hydrogens (tertiary/aromatic N) is 4. The van der Waals surface area contributed by atoms with E-state index in [0.29, 0.717) is 6.54 Å². The van der Waals surface area contributed by atoms with Gasteiger partial charge in [-0.1, -0.05) is 12.1 Å². The first-order valence-electron chi connectivity index (χ1n) is 6.57. The van der Waals surface area contributed by atoms with Gasteiger partial charge < -0.3 is 10.3 Å². The van der Waals surface area contributed by atoms with Gasteiger partial charge in [-0.25, -0.2) is 4.98 Å². The molecule has 1 aromatic carbocycles. The molecule has 0 aliphatic carbocycles. The van der Waals surface area contributed by atoms with Gasteiger partial charge in [-0.05, 0) is 35.0 Å². The molecule has 104 valence electrons. The maximum Gasteiger partial charge on any atom is 0.0958 e. The number of aromatic nitrogens is 4. The Morgan fingerprint density at radius 3 is 2.95 bits per heavy atom. The Hall–Kier alpha value is -1.66. The molecule has 0 bridgehead atoms. The Kier molecular flexibility index (Phi) is 3.58. The third-order valence-electron chi connectivity index (χ3n) is 3.40. The molecule has 0 spiro atoms. The minimum atomic E-state index is -0.135. The highest BCUT2D eigenvalue weighted by Crippen LogP contribution is 2.24. The normalized spacial score (nSPS) is 12.9. The van der Waals surface area contributed by atoms with Gasteiger partial charge in [0.2, 0.25) is 0 Å². The Morgan fingerprint density at radius 1 is 1.35 bits per heavy atom. The van der Waals surface area contributed by atoms with Crippen LogP contribution in [0.1, 0.15) is 18.7 Å². The van der Waals surface area contributed by atoms with Crippen molar-refractivity contribution < 1.29 is 0 Å². The van der Waals surface area contributed by atoms with E-state index in [2.05, 4.69) is 43.6 Å². The summed E-state index contributed by atoms with van der Waals surface area (Å²) >= 11 is 3.52. The molecular weight excluding hydrogens is 318 g/mol. The molecule has 3 aromatic rings. The predicted molar refractivity (Wildman–Crippen MR) is 82.3 cm³/mol. The molecular formula is C14H16BrN5. The highest BCUT2D eigenvalue weighted by atomic mass is 79.9. The van der Waals surface area contributed by atoms with Crippen LogP contribution in [0.4, 0.5) is 0 Å². The summed E-state index contributed by atoms with van der Waals surface area (Å²) in [5, 5.41) is 4.31. The predicted octanol–water partition coefficient (Wildman–Crippen LogP) is 2.72. The van der Waals surface area contributed by atoms with Crippen LogP contribution in [0.25, 0.3) is 11.0 Å². The molecule has 2 aromatic heterocycles. The van der Waals surface area contributed by atoms with Gasteiger partial charge in [-0.15, -0.1) is 0 Å². The quantitative estimate of drug-likeness (QED) is 0.798. The lowest BCUT2D eigenvalue weighted by molar-refractivity contribution is 0.518. The third kappa shape index (κ3) is 2.25. The molecule has 0 saturated carbocycles. The summed E-state index contributed by atoms with van der Waals surface area (Å²) in [5.74, 6) is 0. The lowest BCUT2D eigenvalue weighted by Crippen LogP contribution is -2.21. The number of imidazole rings is 1. The first kappa shape index (κ1) is 13.3. The van der Waals surface area contributed by atoms with Crippen LogP contribution in [-0.4, -0.2) is 19.3 Å². The largest absolute Gasteiger partial charge is 0.329 e. The SMILES string of the molecule is CCn1ncc(Br)c1C(N)Cn1cnc2ccccc21. The molecule has 0 aliphatic rings. The maximum atomic E-state index is 6.36. The van der Waals surface area contributed by atoms with Gasteiger partial charge in [-0.3, -0.25) is 4.68 Å². The second-order valence-electron chi connectivity index (χ2n) is 4.69. The van der Waals surface area contributed by atoms with E-state index in [1.54, 1.807) is 6.20 Å². The number of hydrogen-bond donors (Lipinski definition) is 1. The van der Waals surface area contributed by atoms with Crippen LogP contribution in [0.2, 0.25) is 0 Å². The van der Waals surface area contributed by atoms with E-state index < -0.39 is 0 Å². The Morgan fingerprint density at radius 2 is 2.15 bits per heavy atom. The number of hydrogen-bond acceptors (Lipinski definition) is 3. The number of benzene rings is 1. The number of para-hydroxylation sites is 2. The summed E-state index contributed by atoms with van der Waals surface area (Å²) in [4.78, 5) is 4.39. The van der Waals surface area contributed by atoms with E-state index in [-0.39, 0.29) is 6.04 Å². The van der Waals surface area contributed by atoms with Crippen LogP contribution in [0.3, 0.4) is 0 Å². The summed E-state index contributed by atoms with van der Waals surface area (Å²) in [6.07, 6.45) is 3.63. The van der Waals surface area contributed by atoms with Crippen molar-refractivity contribution in [3.8, 4) is 0 Å². The molecule has 0 radical (unpaired) electrons. The fourth-order valence-corrected chi connectivity index (χ4v) is 3.04. The number of aryl methyl sites for hydroxylation is 1. The van der Waals surface area contributed by atoms with Gasteiger partial charge in [0.05, 0.1) is 39.8 Å². The molecule has 1 atom stereocenters.